The molecule has 1 N–H and O–H groups in total. The minimum absolute atomic E-state index is 0.0116. The van der Waals surface area contributed by atoms with E-state index in [2.05, 4.69) is 34.5 Å². The van der Waals surface area contributed by atoms with Crippen molar-refractivity contribution in [3.8, 4) is 0 Å². The van der Waals surface area contributed by atoms with Crippen molar-refractivity contribution in [2.45, 2.75) is 25.8 Å². The molecule has 4 rings (SSSR count). The zero-order valence-corrected chi connectivity index (χ0v) is 13.4. The molecular formula is C19H18N4O. The van der Waals surface area contributed by atoms with Gasteiger partial charge < -0.3 is 5.32 Å². The fourth-order valence-electron chi connectivity index (χ4n) is 3.28. The fraction of sp³-hybridized carbons (Fsp3) is 0.211. The van der Waals surface area contributed by atoms with Gasteiger partial charge >= 0.3 is 0 Å². The first-order chi connectivity index (χ1) is 11.7. The van der Waals surface area contributed by atoms with Gasteiger partial charge in [0.2, 0.25) is 5.91 Å². The number of pyridine rings is 1. The van der Waals surface area contributed by atoms with Crippen LogP contribution >= 0.6 is 0 Å². The Hall–Kier alpha value is -2.95. The molecule has 3 aromatic rings. The number of amides is 1. The number of nitrogens with zero attached hydrogens (tertiary/aromatic N) is 3. The van der Waals surface area contributed by atoms with Crippen molar-refractivity contribution in [1.82, 2.24) is 14.8 Å². The third kappa shape index (κ3) is 2.58. The first kappa shape index (κ1) is 14.6. The Bertz CT molecular complexity index is 871. The summed E-state index contributed by atoms with van der Waals surface area (Å²) < 4.78 is 1.96. The molecule has 1 aromatic carbocycles. The number of fused-ring (bicyclic) bond motifs is 1. The zero-order valence-electron chi connectivity index (χ0n) is 13.4. The predicted molar refractivity (Wildman–Crippen MR) is 91.8 cm³/mol. The van der Waals surface area contributed by atoms with Crippen molar-refractivity contribution >= 4 is 11.7 Å². The molecular weight excluding hydrogens is 300 g/mol. The van der Waals surface area contributed by atoms with E-state index in [0.29, 0.717) is 18.8 Å². The van der Waals surface area contributed by atoms with Crippen molar-refractivity contribution in [2.24, 2.45) is 0 Å². The van der Waals surface area contributed by atoms with Crippen LogP contribution in [0.5, 0.6) is 0 Å². The standard InChI is InChI=1S/C19H18N4O/c1-13-18-15(16-9-5-6-10-20-16)11-17(24)21-19(18)22-23(13)12-14-7-3-2-4-8-14/h2-10,15H,11-12H2,1H3,(H,21,22,24). The third-order valence-electron chi connectivity index (χ3n) is 4.47. The number of hydrogen-bond acceptors (Lipinski definition) is 3. The van der Waals surface area contributed by atoms with Gasteiger partial charge in [0.05, 0.1) is 6.54 Å². The van der Waals surface area contributed by atoms with E-state index in [0.717, 1.165) is 17.0 Å². The lowest BCUT2D eigenvalue weighted by atomic mass is 9.89. The van der Waals surface area contributed by atoms with Gasteiger partial charge in [0.1, 0.15) is 0 Å². The van der Waals surface area contributed by atoms with Crippen molar-refractivity contribution in [3.63, 3.8) is 0 Å². The summed E-state index contributed by atoms with van der Waals surface area (Å²) in [6.07, 6.45) is 2.17. The van der Waals surface area contributed by atoms with Gasteiger partial charge in [-0.3, -0.25) is 14.5 Å². The van der Waals surface area contributed by atoms with Crippen LogP contribution in [0.15, 0.2) is 54.7 Å². The Balaban J connectivity index is 1.76. The van der Waals surface area contributed by atoms with Crippen LogP contribution in [0.2, 0.25) is 0 Å². The molecule has 1 aliphatic heterocycles. The van der Waals surface area contributed by atoms with Crippen LogP contribution in [0.1, 0.15) is 34.9 Å². The van der Waals surface area contributed by atoms with Crippen LogP contribution < -0.4 is 5.32 Å². The second-order valence-electron chi connectivity index (χ2n) is 6.05. The summed E-state index contributed by atoms with van der Waals surface area (Å²) in [7, 11) is 0. The first-order valence-electron chi connectivity index (χ1n) is 8.04. The minimum Gasteiger partial charge on any atom is -0.309 e. The van der Waals surface area contributed by atoms with Gasteiger partial charge in [0, 0.05) is 35.5 Å². The number of carbonyl (C=O) groups is 1. The molecule has 1 aliphatic rings. The summed E-state index contributed by atoms with van der Waals surface area (Å²) >= 11 is 0. The minimum atomic E-state index is -0.0422. The number of hydrogen-bond donors (Lipinski definition) is 1. The highest BCUT2D eigenvalue weighted by Gasteiger charge is 2.32. The molecule has 5 heteroatoms. The Kier molecular flexibility index (Phi) is 3.61. The van der Waals surface area contributed by atoms with Gasteiger partial charge in [-0.2, -0.15) is 5.10 Å². The van der Waals surface area contributed by atoms with Gasteiger partial charge in [-0.15, -0.1) is 0 Å². The smallest absolute Gasteiger partial charge is 0.226 e. The summed E-state index contributed by atoms with van der Waals surface area (Å²) in [5.74, 6) is 0.609. The number of nitrogens with one attached hydrogen (secondary N) is 1. The molecule has 1 atom stereocenters. The van der Waals surface area contributed by atoms with Gasteiger partial charge in [-0.1, -0.05) is 36.4 Å². The molecule has 0 saturated carbocycles. The summed E-state index contributed by atoms with van der Waals surface area (Å²) in [6.45, 7) is 2.74. The molecule has 24 heavy (non-hydrogen) atoms. The highest BCUT2D eigenvalue weighted by Crippen LogP contribution is 2.38. The lowest BCUT2D eigenvalue weighted by Gasteiger charge is -2.22. The normalized spacial score (nSPS) is 16.5. The molecule has 0 spiro atoms. The molecule has 0 fully saturated rings. The quantitative estimate of drug-likeness (QED) is 0.807. The van der Waals surface area contributed by atoms with E-state index >= 15 is 0 Å². The lowest BCUT2D eigenvalue weighted by molar-refractivity contribution is -0.116. The van der Waals surface area contributed by atoms with E-state index in [1.165, 1.54) is 5.56 Å². The number of benzene rings is 1. The van der Waals surface area contributed by atoms with E-state index < -0.39 is 0 Å². The van der Waals surface area contributed by atoms with Gasteiger partial charge in [-0.05, 0) is 24.6 Å². The van der Waals surface area contributed by atoms with E-state index in [4.69, 9.17) is 0 Å². The first-order valence-corrected chi connectivity index (χ1v) is 8.04. The SMILES string of the molecule is Cc1c2c(nn1Cc1ccccc1)NC(=O)CC2c1ccccn1. The van der Waals surface area contributed by atoms with E-state index in [-0.39, 0.29) is 11.8 Å². The molecule has 3 heterocycles. The van der Waals surface area contributed by atoms with Crippen molar-refractivity contribution in [3.05, 3.63) is 77.2 Å². The Morgan fingerprint density at radius 1 is 1.17 bits per heavy atom. The van der Waals surface area contributed by atoms with Crippen molar-refractivity contribution in [2.75, 3.05) is 5.32 Å². The second-order valence-corrected chi connectivity index (χ2v) is 6.05. The Morgan fingerprint density at radius 2 is 1.96 bits per heavy atom. The molecule has 0 bridgehead atoms. The molecule has 2 aromatic heterocycles. The van der Waals surface area contributed by atoms with Crippen LogP contribution in [0.25, 0.3) is 0 Å². The van der Waals surface area contributed by atoms with Crippen LogP contribution in [0, 0.1) is 6.92 Å². The summed E-state index contributed by atoms with van der Waals surface area (Å²) in [6, 6.07) is 16.0. The van der Waals surface area contributed by atoms with E-state index in [9.17, 15) is 4.79 Å². The van der Waals surface area contributed by atoms with Crippen LogP contribution in [0.3, 0.4) is 0 Å². The molecule has 5 nitrogen and oxygen atoms in total. The highest BCUT2D eigenvalue weighted by atomic mass is 16.1. The van der Waals surface area contributed by atoms with Crippen LogP contribution in [0.4, 0.5) is 5.82 Å². The van der Waals surface area contributed by atoms with E-state index in [1.807, 2.05) is 41.1 Å². The Labute approximate surface area is 140 Å². The second kappa shape index (κ2) is 5.92. The summed E-state index contributed by atoms with van der Waals surface area (Å²) in [5, 5.41) is 7.54. The van der Waals surface area contributed by atoms with Crippen molar-refractivity contribution in [1.29, 1.82) is 0 Å². The van der Waals surface area contributed by atoms with Gasteiger partial charge in [0.25, 0.3) is 0 Å². The van der Waals surface area contributed by atoms with Crippen LogP contribution in [-0.4, -0.2) is 20.7 Å². The molecule has 120 valence electrons. The highest BCUT2D eigenvalue weighted by molar-refractivity contribution is 5.94. The number of carbonyl (C=O) groups excluding carboxylic acids is 1. The topological polar surface area (TPSA) is 59.8 Å². The largest absolute Gasteiger partial charge is 0.309 e. The average molecular weight is 318 g/mol. The molecule has 0 saturated heterocycles. The number of aromatic nitrogens is 3. The monoisotopic (exact) mass is 318 g/mol. The van der Waals surface area contributed by atoms with Gasteiger partial charge in [-0.25, -0.2) is 0 Å². The summed E-state index contributed by atoms with van der Waals surface area (Å²) in [5.41, 5.74) is 4.24. The van der Waals surface area contributed by atoms with Crippen molar-refractivity contribution < 1.29 is 4.79 Å². The Morgan fingerprint density at radius 3 is 2.71 bits per heavy atom. The number of rotatable bonds is 3. The third-order valence-corrected chi connectivity index (χ3v) is 4.47. The zero-order chi connectivity index (χ0) is 16.5. The summed E-state index contributed by atoms with van der Waals surface area (Å²) in [4.78, 5) is 16.6. The molecule has 0 radical (unpaired) electrons. The maximum absolute atomic E-state index is 12.1. The van der Waals surface area contributed by atoms with E-state index in [1.54, 1.807) is 6.20 Å². The average Bonchev–Trinajstić information content (AvgIpc) is 2.91. The maximum atomic E-state index is 12.1. The lowest BCUT2D eigenvalue weighted by Crippen LogP contribution is -2.23. The number of anilines is 1. The molecule has 1 amide bonds. The van der Waals surface area contributed by atoms with Crippen LogP contribution in [-0.2, 0) is 11.3 Å². The maximum Gasteiger partial charge on any atom is 0.226 e. The molecule has 1 unspecified atom stereocenters. The predicted octanol–water partition coefficient (Wildman–Crippen LogP) is 3.11. The van der Waals surface area contributed by atoms with Gasteiger partial charge in [0.15, 0.2) is 5.82 Å². The fourth-order valence-corrected chi connectivity index (χ4v) is 3.28. The molecule has 0 aliphatic carbocycles.